The highest BCUT2D eigenvalue weighted by Crippen LogP contribution is 2.68. The van der Waals surface area contributed by atoms with Gasteiger partial charge < -0.3 is 8.97 Å². The van der Waals surface area contributed by atoms with Gasteiger partial charge in [-0.1, -0.05) is 6.92 Å². The van der Waals surface area contributed by atoms with Crippen LogP contribution in [0.3, 0.4) is 0 Å². The van der Waals surface area contributed by atoms with Crippen LogP contribution in [-0.2, 0) is 0 Å². The Kier molecular flexibility index (Phi) is 4.75. The van der Waals surface area contributed by atoms with Crippen molar-refractivity contribution < 1.29 is 8.97 Å². The van der Waals surface area contributed by atoms with Crippen LogP contribution in [0.1, 0.15) is 84.5 Å². The molecule has 2 saturated heterocycles. The van der Waals surface area contributed by atoms with Crippen molar-refractivity contribution in [1.82, 2.24) is 0 Å². The van der Waals surface area contributed by atoms with Crippen LogP contribution in [-0.4, -0.2) is 61.3 Å². The van der Waals surface area contributed by atoms with Gasteiger partial charge in [-0.3, -0.25) is 0 Å². The molecular formula is C27H47N3+2. The number of quaternary nitrogens is 2. The third kappa shape index (κ3) is 2.62. The fraction of sp³-hybridized carbons (Fsp3) is 0.963. The van der Waals surface area contributed by atoms with E-state index in [-0.39, 0.29) is 10.8 Å². The molecule has 5 aliphatic rings. The Bertz CT molecular complexity index is 731. The van der Waals surface area contributed by atoms with Crippen LogP contribution in [0.5, 0.6) is 0 Å². The number of hydrogen-bond donors (Lipinski definition) is 0. The fourth-order valence-electron chi connectivity index (χ4n) is 9.99. The van der Waals surface area contributed by atoms with E-state index in [2.05, 4.69) is 41.1 Å². The van der Waals surface area contributed by atoms with E-state index in [0.717, 1.165) is 23.8 Å². The first-order chi connectivity index (χ1) is 14.1. The molecule has 0 bridgehead atoms. The Balaban J connectivity index is 1.45. The quantitative estimate of drug-likeness (QED) is 0.531. The molecule has 0 spiro atoms. The predicted octanol–water partition coefficient (Wildman–Crippen LogP) is 5.36. The second-order valence-electron chi connectivity index (χ2n) is 13.5. The smallest absolute Gasteiger partial charge is 0.0991 e. The first kappa shape index (κ1) is 21.3. The van der Waals surface area contributed by atoms with Crippen LogP contribution in [0.15, 0.2) is 0 Å². The molecule has 0 N–H and O–H groups in total. The Morgan fingerprint density at radius 2 is 1.53 bits per heavy atom. The molecule has 0 aromatic heterocycles. The standard InChI is InChI=1S/C27H47N3/c1-25-13-10-21(30(5)17-6-7-18-30)19-27(25,20-28)15-11-22-23(25)12-14-26(2)24(22)9-8-16-29(26,3)4/h21-24H,6-19H2,1-5H3/q+2/t21?,22-,23+,24+,25-,26+,27+/m1/s1. The molecule has 0 amide bonds. The summed E-state index contributed by atoms with van der Waals surface area (Å²) in [5.74, 6) is 2.52. The molecule has 0 radical (unpaired) electrons. The van der Waals surface area contributed by atoms with Crippen LogP contribution in [0, 0.1) is 39.9 Å². The summed E-state index contributed by atoms with van der Waals surface area (Å²) in [6.45, 7) is 9.25. The maximum Gasteiger partial charge on any atom is 0.0991 e. The van der Waals surface area contributed by atoms with E-state index in [1.165, 1.54) is 99.2 Å². The van der Waals surface area contributed by atoms with Gasteiger partial charge in [0.1, 0.15) is 0 Å². The number of rotatable bonds is 1. The van der Waals surface area contributed by atoms with Gasteiger partial charge in [0.15, 0.2) is 0 Å². The van der Waals surface area contributed by atoms with Crippen molar-refractivity contribution in [3.8, 4) is 6.07 Å². The monoisotopic (exact) mass is 413 g/mol. The molecule has 5 fully saturated rings. The number of nitriles is 1. The topological polar surface area (TPSA) is 23.8 Å². The number of hydrogen-bond acceptors (Lipinski definition) is 1. The van der Waals surface area contributed by atoms with Gasteiger partial charge in [0.25, 0.3) is 0 Å². The van der Waals surface area contributed by atoms with Crippen molar-refractivity contribution in [3.05, 3.63) is 0 Å². The summed E-state index contributed by atoms with van der Waals surface area (Å²) in [5.41, 5.74) is 0.636. The average Bonchev–Trinajstić information content (AvgIpc) is 3.16. The third-order valence-corrected chi connectivity index (χ3v) is 12.5. The van der Waals surface area contributed by atoms with Crippen LogP contribution >= 0.6 is 0 Å². The minimum Gasteiger partial charge on any atom is -0.324 e. The SMILES string of the molecule is C[C@]12CC[C@H]3[C@@H](CC[C@@]4(C#N)CC([N+]5(C)CCCC5)CC[C@]34C)[C@@H]1CCC[N+]2(C)C. The Morgan fingerprint density at radius 1 is 0.800 bits per heavy atom. The molecule has 2 aliphatic heterocycles. The van der Waals surface area contributed by atoms with Gasteiger partial charge in [-0.15, -0.1) is 0 Å². The van der Waals surface area contributed by atoms with Crippen molar-refractivity contribution in [2.45, 2.75) is 96.1 Å². The summed E-state index contributed by atoms with van der Waals surface area (Å²) < 4.78 is 2.48. The molecule has 5 rings (SSSR count). The van der Waals surface area contributed by atoms with Gasteiger partial charge >= 0.3 is 0 Å². The molecule has 168 valence electrons. The van der Waals surface area contributed by atoms with Gasteiger partial charge in [0.05, 0.1) is 63.8 Å². The lowest BCUT2D eigenvalue weighted by atomic mass is 9.40. The molecule has 0 aromatic carbocycles. The molecule has 3 saturated carbocycles. The molecule has 0 aromatic rings. The summed E-state index contributed by atoms with van der Waals surface area (Å²) in [5, 5.41) is 10.7. The Morgan fingerprint density at radius 3 is 2.23 bits per heavy atom. The molecule has 2 heterocycles. The van der Waals surface area contributed by atoms with Gasteiger partial charge in [0.2, 0.25) is 0 Å². The maximum absolute atomic E-state index is 10.7. The molecule has 3 aliphatic carbocycles. The van der Waals surface area contributed by atoms with Crippen molar-refractivity contribution in [1.29, 1.82) is 5.26 Å². The van der Waals surface area contributed by atoms with Crippen molar-refractivity contribution >= 4 is 0 Å². The second-order valence-corrected chi connectivity index (χ2v) is 13.5. The number of likely N-dealkylation sites (tertiary alicyclic amines) is 2. The average molecular weight is 414 g/mol. The Labute approximate surface area is 186 Å². The first-order valence-corrected chi connectivity index (χ1v) is 13.2. The highest BCUT2D eigenvalue weighted by Gasteiger charge is 2.67. The first-order valence-electron chi connectivity index (χ1n) is 13.2. The van der Waals surface area contributed by atoms with Crippen molar-refractivity contribution in [2.75, 3.05) is 40.8 Å². The van der Waals surface area contributed by atoms with Crippen molar-refractivity contribution in [3.63, 3.8) is 0 Å². The number of nitrogens with zero attached hydrogens (tertiary/aromatic N) is 3. The van der Waals surface area contributed by atoms with Crippen LogP contribution in [0.25, 0.3) is 0 Å². The summed E-state index contributed by atoms with van der Waals surface area (Å²) in [4.78, 5) is 0. The second kappa shape index (κ2) is 6.71. The maximum atomic E-state index is 10.7. The van der Waals surface area contributed by atoms with Crippen LogP contribution in [0.2, 0.25) is 0 Å². The van der Waals surface area contributed by atoms with E-state index in [4.69, 9.17) is 0 Å². The fourth-order valence-corrected chi connectivity index (χ4v) is 9.99. The van der Waals surface area contributed by atoms with Crippen LogP contribution in [0.4, 0.5) is 0 Å². The van der Waals surface area contributed by atoms with Crippen LogP contribution < -0.4 is 0 Å². The number of piperidine rings is 1. The minimum absolute atomic E-state index is 0.0618. The highest BCUT2D eigenvalue weighted by molar-refractivity contribution is 5.19. The summed E-state index contributed by atoms with van der Waals surface area (Å²) >= 11 is 0. The summed E-state index contributed by atoms with van der Waals surface area (Å²) in [6.07, 6.45) is 14.7. The zero-order valence-electron chi connectivity index (χ0n) is 20.6. The molecular weight excluding hydrogens is 366 g/mol. The van der Waals surface area contributed by atoms with Gasteiger partial charge in [-0.2, -0.15) is 5.26 Å². The summed E-state index contributed by atoms with van der Waals surface area (Å²) in [6, 6.07) is 3.78. The van der Waals surface area contributed by atoms with Gasteiger partial charge in [0, 0.05) is 38.0 Å². The van der Waals surface area contributed by atoms with E-state index in [9.17, 15) is 5.26 Å². The largest absolute Gasteiger partial charge is 0.324 e. The molecule has 3 nitrogen and oxygen atoms in total. The third-order valence-electron chi connectivity index (χ3n) is 12.5. The molecule has 30 heavy (non-hydrogen) atoms. The lowest BCUT2D eigenvalue weighted by Gasteiger charge is -2.67. The van der Waals surface area contributed by atoms with Crippen molar-refractivity contribution in [2.24, 2.45) is 28.6 Å². The predicted molar refractivity (Wildman–Crippen MR) is 122 cm³/mol. The zero-order chi connectivity index (χ0) is 21.4. The molecule has 3 heteroatoms. The lowest BCUT2D eigenvalue weighted by molar-refractivity contribution is -0.952. The zero-order valence-corrected chi connectivity index (χ0v) is 20.6. The van der Waals surface area contributed by atoms with E-state index in [1.54, 1.807) is 0 Å². The molecule has 7 atom stereocenters. The van der Waals surface area contributed by atoms with E-state index >= 15 is 0 Å². The Hall–Kier alpha value is -0.590. The lowest BCUT2D eigenvalue weighted by Crippen LogP contribution is -2.70. The van der Waals surface area contributed by atoms with E-state index in [0.29, 0.717) is 5.54 Å². The molecule has 1 unspecified atom stereocenters. The van der Waals surface area contributed by atoms with Gasteiger partial charge in [-0.25, -0.2) is 0 Å². The highest BCUT2D eigenvalue weighted by atomic mass is 15.4. The van der Waals surface area contributed by atoms with E-state index < -0.39 is 0 Å². The van der Waals surface area contributed by atoms with E-state index in [1.807, 2.05) is 0 Å². The minimum atomic E-state index is -0.0618. The number of fused-ring (bicyclic) bond motifs is 5. The summed E-state index contributed by atoms with van der Waals surface area (Å²) in [7, 11) is 7.51. The van der Waals surface area contributed by atoms with Gasteiger partial charge in [-0.05, 0) is 62.7 Å². The normalized spacial score (nSPS) is 51.9.